The lowest BCUT2D eigenvalue weighted by molar-refractivity contribution is -0.143. The van der Waals surface area contributed by atoms with E-state index in [1.54, 1.807) is 28.8 Å². The number of carbonyl (C=O) groups excluding carboxylic acids is 1. The van der Waals surface area contributed by atoms with Gasteiger partial charge in [0.25, 0.3) is 0 Å². The highest BCUT2D eigenvalue weighted by molar-refractivity contribution is 7.99. The molecule has 13 heteroatoms. The van der Waals surface area contributed by atoms with E-state index in [0.717, 1.165) is 22.9 Å². The van der Waals surface area contributed by atoms with Crippen LogP contribution in [0.25, 0.3) is 17.1 Å². The molecule has 4 aromatic rings. The molecule has 41 heavy (non-hydrogen) atoms. The minimum Gasteiger partial charge on any atom is -0.325 e. The third-order valence-electron chi connectivity index (χ3n) is 5.93. The van der Waals surface area contributed by atoms with Crippen molar-refractivity contribution in [2.75, 3.05) is 11.1 Å². The zero-order valence-corrected chi connectivity index (χ0v) is 23.4. The van der Waals surface area contributed by atoms with Crippen molar-refractivity contribution in [3.63, 3.8) is 0 Å². The molecule has 216 valence electrons. The van der Waals surface area contributed by atoms with Crippen LogP contribution in [0, 0.1) is 0 Å². The predicted octanol–water partition coefficient (Wildman–Crippen LogP) is 8.65. The molecule has 0 aliphatic heterocycles. The molecule has 1 heterocycles. The van der Waals surface area contributed by atoms with Crippen LogP contribution in [0.15, 0.2) is 71.9 Å². The van der Waals surface area contributed by atoms with Crippen molar-refractivity contribution in [2.45, 2.75) is 43.7 Å². The number of thioether (sulfide) groups is 1. The summed E-state index contributed by atoms with van der Waals surface area (Å²) in [5.41, 5.74) is -1.29. The zero-order valence-electron chi connectivity index (χ0n) is 21.9. The van der Waals surface area contributed by atoms with E-state index >= 15 is 0 Å². The second-order valence-corrected chi connectivity index (χ2v) is 11.5. The molecular formula is C28H23ClF6N4OS. The van der Waals surface area contributed by atoms with E-state index in [-0.39, 0.29) is 22.4 Å². The van der Waals surface area contributed by atoms with Gasteiger partial charge in [0, 0.05) is 22.0 Å². The summed E-state index contributed by atoms with van der Waals surface area (Å²) in [7, 11) is 0. The third-order valence-corrected chi connectivity index (χ3v) is 7.11. The van der Waals surface area contributed by atoms with E-state index in [1.807, 2.05) is 24.3 Å². The molecule has 0 atom stereocenters. The van der Waals surface area contributed by atoms with E-state index in [2.05, 4.69) is 36.3 Å². The van der Waals surface area contributed by atoms with Crippen molar-refractivity contribution in [1.82, 2.24) is 14.8 Å². The molecule has 0 saturated heterocycles. The summed E-state index contributed by atoms with van der Waals surface area (Å²) in [6.07, 6.45) is -10.1. The topological polar surface area (TPSA) is 59.8 Å². The normalized spacial score (nSPS) is 12.4. The number of nitrogens with one attached hydrogen (secondary N) is 1. The fourth-order valence-corrected chi connectivity index (χ4v) is 4.72. The van der Waals surface area contributed by atoms with Crippen LogP contribution >= 0.6 is 23.4 Å². The van der Waals surface area contributed by atoms with Gasteiger partial charge in [-0.2, -0.15) is 26.3 Å². The number of rotatable bonds is 6. The van der Waals surface area contributed by atoms with Crippen LogP contribution < -0.4 is 5.32 Å². The van der Waals surface area contributed by atoms with Gasteiger partial charge in [-0.25, -0.2) is 0 Å². The predicted molar refractivity (Wildman–Crippen MR) is 146 cm³/mol. The minimum atomic E-state index is -5.04. The van der Waals surface area contributed by atoms with Crippen molar-refractivity contribution in [2.24, 2.45) is 0 Å². The number of hydrogen-bond donors (Lipinski definition) is 1. The van der Waals surface area contributed by atoms with Gasteiger partial charge in [0.15, 0.2) is 11.0 Å². The highest BCUT2D eigenvalue weighted by Crippen LogP contribution is 2.38. The zero-order chi connectivity index (χ0) is 30.2. The Bertz CT molecular complexity index is 1510. The summed E-state index contributed by atoms with van der Waals surface area (Å²) in [6, 6.07) is 15.4. The average molecular weight is 613 g/mol. The van der Waals surface area contributed by atoms with Crippen LogP contribution in [0.3, 0.4) is 0 Å². The van der Waals surface area contributed by atoms with Crippen molar-refractivity contribution in [3.05, 3.63) is 88.4 Å². The molecule has 5 nitrogen and oxygen atoms in total. The van der Waals surface area contributed by atoms with E-state index in [0.29, 0.717) is 28.7 Å². The fraction of sp³-hybridized carbons (Fsp3) is 0.250. The highest BCUT2D eigenvalue weighted by atomic mass is 35.5. The summed E-state index contributed by atoms with van der Waals surface area (Å²) < 4.78 is 80.8. The Labute approximate surface area is 240 Å². The van der Waals surface area contributed by atoms with Gasteiger partial charge < -0.3 is 5.32 Å². The van der Waals surface area contributed by atoms with E-state index in [4.69, 9.17) is 11.6 Å². The van der Waals surface area contributed by atoms with Gasteiger partial charge in [0.05, 0.1) is 16.9 Å². The third kappa shape index (κ3) is 7.42. The lowest BCUT2D eigenvalue weighted by atomic mass is 9.87. The molecule has 1 amide bonds. The standard InChI is InChI=1S/C28H23ClF6N4OS/c1-26(2,3)17-6-4-16(5-7-17)24-37-38-25(39(24)22-10-8-20(29)9-11-22)41-15-23(40)36-21-13-18(27(30,31)32)12-19(14-21)28(33,34)35/h4-14H,15H2,1-3H3,(H,36,40). The molecule has 0 spiro atoms. The SMILES string of the molecule is CC(C)(C)c1ccc(-c2nnc(SCC(=O)Nc3cc(C(F)(F)F)cc(C(F)(F)F)c3)n2-c2ccc(Cl)cc2)cc1. The van der Waals surface area contributed by atoms with Crippen molar-refractivity contribution >= 4 is 35.0 Å². The van der Waals surface area contributed by atoms with Gasteiger partial charge in [-0.1, -0.05) is 68.4 Å². The van der Waals surface area contributed by atoms with Crippen LogP contribution in [-0.2, 0) is 22.6 Å². The Balaban J connectivity index is 1.61. The molecular weight excluding hydrogens is 590 g/mol. The van der Waals surface area contributed by atoms with Crippen LogP contribution in [0.5, 0.6) is 0 Å². The second kappa shape index (κ2) is 11.4. The number of alkyl halides is 6. The molecule has 1 N–H and O–H groups in total. The van der Waals surface area contributed by atoms with Gasteiger partial charge in [0.1, 0.15) is 0 Å². The first kappa shape index (κ1) is 30.4. The maximum absolute atomic E-state index is 13.2. The van der Waals surface area contributed by atoms with Gasteiger partial charge >= 0.3 is 12.4 Å². The molecule has 0 bridgehead atoms. The first-order chi connectivity index (χ1) is 19.0. The first-order valence-electron chi connectivity index (χ1n) is 12.1. The quantitative estimate of drug-likeness (QED) is 0.175. The molecule has 3 aromatic carbocycles. The van der Waals surface area contributed by atoms with Crippen LogP contribution in [-0.4, -0.2) is 26.4 Å². The maximum Gasteiger partial charge on any atom is 0.416 e. The number of hydrogen-bond acceptors (Lipinski definition) is 4. The lowest BCUT2D eigenvalue weighted by Crippen LogP contribution is -2.17. The summed E-state index contributed by atoms with van der Waals surface area (Å²) in [5, 5.41) is 11.4. The number of benzene rings is 3. The number of nitrogens with zero attached hydrogens (tertiary/aromatic N) is 3. The van der Waals surface area contributed by atoms with Crippen molar-refractivity contribution in [1.29, 1.82) is 0 Å². The average Bonchev–Trinajstić information content (AvgIpc) is 3.30. The highest BCUT2D eigenvalue weighted by Gasteiger charge is 2.37. The molecule has 0 fully saturated rings. The Morgan fingerprint density at radius 3 is 1.90 bits per heavy atom. The number of amides is 1. The van der Waals surface area contributed by atoms with E-state index in [1.165, 1.54) is 0 Å². The van der Waals surface area contributed by atoms with Crippen molar-refractivity contribution < 1.29 is 31.1 Å². The second-order valence-electron chi connectivity index (χ2n) is 10.1. The number of halogens is 7. The van der Waals surface area contributed by atoms with Gasteiger partial charge in [-0.3, -0.25) is 9.36 Å². The van der Waals surface area contributed by atoms with Crippen LogP contribution in [0.2, 0.25) is 5.02 Å². The fourth-order valence-electron chi connectivity index (χ4n) is 3.85. The summed E-state index contributed by atoms with van der Waals surface area (Å²) in [5.74, 6) is -0.737. The first-order valence-corrected chi connectivity index (χ1v) is 13.4. The van der Waals surface area contributed by atoms with Gasteiger partial charge in [-0.05, 0) is 53.4 Å². The summed E-state index contributed by atoms with van der Waals surface area (Å²) >= 11 is 6.96. The van der Waals surface area contributed by atoms with E-state index < -0.39 is 35.1 Å². The molecule has 0 aliphatic carbocycles. The molecule has 0 aliphatic rings. The Kier molecular flexibility index (Phi) is 8.47. The van der Waals surface area contributed by atoms with Gasteiger partial charge in [0.2, 0.25) is 5.91 Å². The lowest BCUT2D eigenvalue weighted by Gasteiger charge is -2.19. The largest absolute Gasteiger partial charge is 0.416 e. The van der Waals surface area contributed by atoms with Crippen molar-refractivity contribution in [3.8, 4) is 17.1 Å². The Hall–Kier alpha value is -3.51. The molecule has 1 aromatic heterocycles. The van der Waals surface area contributed by atoms with Crippen LogP contribution in [0.4, 0.5) is 32.0 Å². The summed E-state index contributed by atoms with van der Waals surface area (Å²) in [4.78, 5) is 12.6. The van der Waals surface area contributed by atoms with E-state index in [9.17, 15) is 31.1 Å². The Morgan fingerprint density at radius 1 is 0.829 bits per heavy atom. The monoisotopic (exact) mass is 612 g/mol. The maximum atomic E-state index is 13.2. The number of carbonyl (C=O) groups is 1. The van der Waals surface area contributed by atoms with Gasteiger partial charge in [-0.15, -0.1) is 10.2 Å². The Morgan fingerprint density at radius 2 is 1.39 bits per heavy atom. The molecule has 0 radical (unpaired) electrons. The summed E-state index contributed by atoms with van der Waals surface area (Å²) in [6.45, 7) is 6.25. The number of anilines is 1. The molecule has 4 rings (SSSR count). The van der Waals surface area contributed by atoms with Crippen LogP contribution in [0.1, 0.15) is 37.5 Å². The minimum absolute atomic E-state index is 0.00540. The number of aromatic nitrogens is 3. The molecule has 0 saturated carbocycles. The smallest absolute Gasteiger partial charge is 0.325 e. The molecule has 0 unspecified atom stereocenters.